The maximum Gasteiger partial charge on any atom is 0.340 e. The van der Waals surface area contributed by atoms with Crippen LogP contribution in [0.2, 0.25) is 9.36 Å². The van der Waals surface area contributed by atoms with Gasteiger partial charge in [0, 0.05) is 22.3 Å². The van der Waals surface area contributed by atoms with E-state index in [0.29, 0.717) is 27.2 Å². The average molecular weight is 423 g/mol. The second-order valence-corrected chi connectivity index (χ2v) is 8.23. The number of esters is 1. The molecule has 0 spiro atoms. The summed E-state index contributed by atoms with van der Waals surface area (Å²) < 4.78 is 5.85. The number of amides is 1. The summed E-state index contributed by atoms with van der Waals surface area (Å²) in [6.07, 6.45) is 0. The second kappa shape index (κ2) is 8.25. The summed E-state index contributed by atoms with van der Waals surface area (Å²) in [5.41, 5.74) is 1.58. The Labute approximate surface area is 170 Å². The molecule has 0 N–H and O–H groups in total. The molecule has 0 unspecified atom stereocenters. The highest BCUT2D eigenvalue weighted by molar-refractivity contribution is 7.16. The van der Waals surface area contributed by atoms with Crippen LogP contribution in [0.3, 0.4) is 0 Å². The number of carbonyl (C=O) groups is 2. The number of halogens is 2. The van der Waals surface area contributed by atoms with E-state index < -0.39 is 5.97 Å². The van der Waals surface area contributed by atoms with Crippen molar-refractivity contribution in [2.75, 3.05) is 13.7 Å². The minimum Gasteiger partial charge on any atom is -0.452 e. The summed E-state index contributed by atoms with van der Waals surface area (Å²) in [5.74, 6) is -0.898. The molecule has 0 aliphatic rings. The fourth-order valence-electron chi connectivity index (χ4n) is 2.52. The molecule has 0 fully saturated rings. The Bertz CT molecular complexity index is 1020. The maximum absolute atomic E-state index is 12.4. The standard InChI is InChI=1S/C19H16Cl2N2O3S/c1-11-15(8-12-7-13(20)3-5-16(12)22-11)19(25)26-10-18(24)23(2)9-14-4-6-17(21)27-14/h3-8H,9-10H2,1-2H3. The molecule has 0 atom stereocenters. The van der Waals surface area contributed by atoms with Crippen molar-refractivity contribution >= 4 is 57.3 Å². The first-order chi connectivity index (χ1) is 12.8. The first-order valence-corrected chi connectivity index (χ1v) is 9.63. The smallest absolute Gasteiger partial charge is 0.340 e. The Morgan fingerprint density at radius 3 is 2.67 bits per heavy atom. The van der Waals surface area contributed by atoms with Gasteiger partial charge in [-0.25, -0.2) is 4.79 Å². The SMILES string of the molecule is Cc1nc2ccc(Cl)cc2cc1C(=O)OCC(=O)N(C)Cc1ccc(Cl)s1. The first kappa shape index (κ1) is 19.6. The Morgan fingerprint density at radius 2 is 1.96 bits per heavy atom. The number of aromatic nitrogens is 1. The van der Waals surface area contributed by atoms with Gasteiger partial charge in [-0.05, 0) is 43.3 Å². The van der Waals surface area contributed by atoms with E-state index in [4.69, 9.17) is 27.9 Å². The molecule has 140 valence electrons. The van der Waals surface area contributed by atoms with E-state index in [1.807, 2.05) is 6.07 Å². The molecule has 0 radical (unpaired) electrons. The maximum atomic E-state index is 12.4. The highest BCUT2D eigenvalue weighted by Gasteiger charge is 2.17. The third-order valence-electron chi connectivity index (χ3n) is 3.96. The fourth-order valence-corrected chi connectivity index (χ4v) is 3.85. The van der Waals surface area contributed by atoms with Crippen LogP contribution in [0.1, 0.15) is 20.9 Å². The Morgan fingerprint density at radius 1 is 1.19 bits per heavy atom. The van der Waals surface area contributed by atoms with Crippen LogP contribution in [0.15, 0.2) is 36.4 Å². The topological polar surface area (TPSA) is 59.5 Å². The largest absolute Gasteiger partial charge is 0.452 e. The minimum atomic E-state index is -0.595. The lowest BCUT2D eigenvalue weighted by Gasteiger charge is -2.16. The van der Waals surface area contributed by atoms with Crippen LogP contribution in [-0.2, 0) is 16.1 Å². The molecule has 8 heteroatoms. The molecule has 5 nitrogen and oxygen atoms in total. The summed E-state index contributed by atoms with van der Waals surface area (Å²) in [6, 6.07) is 10.6. The number of ether oxygens (including phenoxy) is 1. The number of rotatable bonds is 5. The zero-order valence-corrected chi connectivity index (χ0v) is 17.0. The summed E-state index contributed by atoms with van der Waals surface area (Å²) in [5, 5.41) is 1.29. The number of pyridine rings is 1. The van der Waals surface area contributed by atoms with Crippen LogP contribution >= 0.6 is 34.5 Å². The first-order valence-electron chi connectivity index (χ1n) is 8.05. The van der Waals surface area contributed by atoms with Gasteiger partial charge in [0.25, 0.3) is 5.91 Å². The number of nitrogens with zero attached hydrogens (tertiary/aromatic N) is 2. The van der Waals surface area contributed by atoms with Gasteiger partial charge < -0.3 is 9.64 Å². The molecule has 3 rings (SSSR count). The summed E-state index contributed by atoms with van der Waals surface area (Å²) in [4.78, 5) is 31.5. The zero-order chi connectivity index (χ0) is 19.6. The highest BCUT2D eigenvalue weighted by Crippen LogP contribution is 2.23. The lowest BCUT2D eigenvalue weighted by Crippen LogP contribution is -2.30. The van der Waals surface area contributed by atoms with Gasteiger partial charge in [0.2, 0.25) is 0 Å². The average Bonchev–Trinajstić information content (AvgIpc) is 3.03. The molecule has 3 aromatic rings. The molecule has 1 aromatic carbocycles. The van der Waals surface area contributed by atoms with Gasteiger partial charge in [-0.2, -0.15) is 0 Å². The van der Waals surface area contributed by atoms with Crippen LogP contribution in [0, 0.1) is 6.92 Å². The summed E-state index contributed by atoms with van der Waals surface area (Å²) in [6.45, 7) is 1.78. The molecule has 0 saturated carbocycles. The lowest BCUT2D eigenvalue weighted by molar-refractivity contribution is -0.133. The Balaban J connectivity index is 1.65. The van der Waals surface area contributed by atoms with Crippen LogP contribution in [0.5, 0.6) is 0 Å². The van der Waals surface area contributed by atoms with Crippen molar-refractivity contribution in [1.29, 1.82) is 0 Å². The minimum absolute atomic E-state index is 0.303. The highest BCUT2D eigenvalue weighted by atomic mass is 35.5. The van der Waals surface area contributed by atoms with Crippen molar-refractivity contribution in [1.82, 2.24) is 9.88 Å². The molecule has 0 aliphatic carbocycles. The Kier molecular flexibility index (Phi) is 5.99. The third-order valence-corrected chi connectivity index (χ3v) is 5.41. The number of benzene rings is 1. The predicted octanol–water partition coefficient (Wildman–Crippen LogP) is 4.73. The summed E-state index contributed by atoms with van der Waals surface area (Å²) in [7, 11) is 1.65. The van der Waals surface area contributed by atoms with Crippen LogP contribution in [0.4, 0.5) is 0 Å². The molecule has 0 saturated heterocycles. The van der Waals surface area contributed by atoms with Crippen molar-refractivity contribution in [3.05, 3.63) is 61.9 Å². The number of fused-ring (bicyclic) bond motifs is 1. The molecule has 1 amide bonds. The molecule has 2 heterocycles. The second-order valence-electron chi connectivity index (χ2n) is 5.99. The molecule has 0 bridgehead atoms. The van der Waals surface area contributed by atoms with Crippen molar-refractivity contribution in [2.45, 2.75) is 13.5 Å². The number of hydrogen-bond acceptors (Lipinski definition) is 5. The molecule has 27 heavy (non-hydrogen) atoms. The zero-order valence-electron chi connectivity index (χ0n) is 14.7. The van der Waals surface area contributed by atoms with Gasteiger partial charge in [0.15, 0.2) is 6.61 Å². The van der Waals surface area contributed by atoms with Crippen molar-refractivity contribution in [2.24, 2.45) is 0 Å². The fraction of sp³-hybridized carbons (Fsp3) is 0.211. The molecule has 2 aromatic heterocycles. The normalized spacial score (nSPS) is 10.8. The van der Waals surface area contributed by atoms with E-state index in [0.717, 1.165) is 15.8 Å². The number of hydrogen-bond donors (Lipinski definition) is 0. The van der Waals surface area contributed by atoms with E-state index in [1.54, 1.807) is 44.3 Å². The van der Waals surface area contributed by atoms with E-state index in [9.17, 15) is 9.59 Å². The number of thiophene rings is 1. The van der Waals surface area contributed by atoms with Gasteiger partial charge in [-0.1, -0.05) is 23.2 Å². The van der Waals surface area contributed by atoms with Gasteiger partial charge in [0.05, 0.1) is 27.7 Å². The number of likely N-dealkylation sites (N-methyl/N-ethyl adjacent to an activating group) is 1. The quantitative estimate of drug-likeness (QED) is 0.557. The summed E-state index contributed by atoms with van der Waals surface area (Å²) >= 11 is 13.3. The van der Waals surface area contributed by atoms with Crippen molar-refractivity contribution < 1.29 is 14.3 Å². The van der Waals surface area contributed by atoms with Crippen molar-refractivity contribution in [3.8, 4) is 0 Å². The van der Waals surface area contributed by atoms with E-state index in [1.165, 1.54) is 16.2 Å². The Hall–Kier alpha value is -2.15. The van der Waals surface area contributed by atoms with E-state index >= 15 is 0 Å². The molecular weight excluding hydrogens is 407 g/mol. The van der Waals surface area contributed by atoms with E-state index in [-0.39, 0.29) is 12.5 Å². The number of aryl methyl sites for hydroxylation is 1. The van der Waals surface area contributed by atoms with Crippen LogP contribution < -0.4 is 0 Å². The molecule has 0 aliphatic heterocycles. The monoisotopic (exact) mass is 422 g/mol. The number of carbonyl (C=O) groups excluding carboxylic acids is 2. The van der Waals surface area contributed by atoms with Crippen molar-refractivity contribution in [3.63, 3.8) is 0 Å². The molecular formula is C19H16Cl2N2O3S. The van der Waals surface area contributed by atoms with Gasteiger partial charge >= 0.3 is 5.97 Å². The van der Waals surface area contributed by atoms with Gasteiger partial charge in [0.1, 0.15) is 0 Å². The third kappa shape index (κ3) is 4.77. The van der Waals surface area contributed by atoms with Crippen LogP contribution in [-0.4, -0.2) is 35.4 Å². The predicted molar refractivity (Wildman–Crippen MR) is 108 cm³/mol. The van der Waals surface area contributed by atoms with E-state index in [2.05, 4.69) is 4.98 Å². The van der Waals surface area contributed by atoms with Gasteiger partial charge in [-0.15, -0.1) is 11.3 Å². The van der Waals surface area contributed by atoms with Crippen LogP contribution in [0.25, 0.3) is 10.9 Å². The lowest BCUT2D eigenvalue weighted by atomic mass is 10.1. The van der Waals surface area contributed by atoms with Gasteiger partial charge in [-0.3, -0.25) is 9.78 Å².